The van der Waals surface area contributed by atoms with Crippen molar-refractivity contribution in [2.75, 3.05) is 0 Å². The fourth-order valence-electron chi connectivity index (χ4n) is 8.10. The van der Waals surface area contributed by atoms with Gasteiger partial charge in [0.15, 0.2) is 0 Å². The molecule has 0 fully saturated rings. The minimum atomic E-state index is -2.85. The van der Waals surface area contributed by atoms with Crippen LogP contribution in [0.4, 0.5) is 0 Å². The standard InChI is InChI=1S/C21H25.C19H22.C5H5.2ClH.Zr/c1-20(2,3)16-7-9-18-14(12-16)11-15-13-17(21(4,5)6)8-10-19(15)18;1-18(2,16-11-7-5-8-12-16)15-19(3,4)17-13-9-6-10-14-17;1-2-4-5-3-1;;;/h7-13H,1-6H3;5-14H,1-4H3;1-3H,4H2;2*1H;/q;;;;;+2/p-2. The van der Waals surface area contributed by atoms with Gasteiger partial charge in [-0.15, -0.1) is 0 Å². The topological polar surface area (TPSA) is 0 Å². The summed E-state index contributed by atoms with van der Waals surface area (Å²) in [6, 6.07) is 37.7. The second-order valence-electron chi connectivity index (χ2n) is 16.6. The molecule has 0 N–H and O–H groups in total. The van der Waals surface area contributed by atoms with E-state index in [-0.39, 0.29) is 46.5 Å². The molecule has 2 aliphatic rings. The molecule has 0 saturated carbocycles. The molecule has 0 spiro atoms. The Hall–Kier alpha value is -2.31. The number of halogens is 2. The van der Waals surface area contributed by atoms with Crippen LogP contribution >= 0.6 is 0 Å². The molecule has 0 heterocycles. The van der Waals surface area contributed by atoms with Crippen molar-refractivity contribution in [2.45, 2.75) is 101 Å². The van der Waals surface area contributed by atoms with Crippen molar-refractivity contribution >= 4 is 3.21 Å². The van der Waals surface area contributed by atoms with Crippen LogP contribution in [0.2, 0.25) is 0 Å². The fraction of sp³-hybridized carbons (Fsp3) is 0.356. The summed E-state index contributed by atoms with van der Waals surface area (Å²) < 4.78 is 3.90. The zero-order valence-corrected chi connectivity index (χ0v) is 34.5. The van der Waals surface area contributed by atoms with Crippen LogP contribution in [-0.2, 0) is 42.9 Å². The van der Waals surface area contributed by atoms with E-state index in [9.17, 15) is 0 Å². The van der Waals surface area contributed by atoms with Gasteiger partial charge < -0.3 is 24.8 Å². The summed E-state index contributed by atoms with van der Waals surface area (Å²) in [5.41, 5.74) is 11.7. The maximum Gasteiger partial charge on any atom is -1.00 e. The normalized spacial score (nSPS) is 14.2. The van der Waals surface area contributed by atoms with Gasteiger partial charge in [-0.3, -0.25) is 0 Å². The van der Waals surface area contributed by atoms with E-state index < -0.39 is 21.3 Å². The Morgan fingerprint density at radius 3 is 1.31 bits per heavy atom. The van der Waals surface area contributed by atoms with Gasteiger partial charge in [-0.2, -0.15) is 0 Å². The van der Waals surface area contributed by atoms with Crippen molar-refractivity contribution in [3.63, 3.8) is 0 Å². The Labute approximate surface area is 311 Å². The average molecular weight is 755 g/mol. The Bertz CT molecular complexity index is 1740. The first kappa shape index (κ1) is 38.5. The summed E-state index contributed by atoms with van der Waals surface area (Å²) in [5.74, 6) is 0. The molecule has 6 rings (SSSR count). The third-order valence-corrected chi connectivity index (χ3v) is 20.6. The molecule has 250 valence electrons. The smallest absolute Gasteiger partial charge is 1.00 e. The van der Waals surface area contributed by atoms with Gasteiger partial charge in [-0.05, 0) is 0 Å². The number of allylic oxidation sites excluding steroid dienone is 4. The van der Waals surface area contributed by atoms with Crippen molar-refractivity contribution < 1.29 is 46.1 Å². The van der Waals surface area contributed by atoms with Crippen molar-refractivity contribution in [1.82, 2.24) is 0 Å². The molecule has 0 atom stereocenters. The Morgan fingerprint density at radius 1 is 0.542 bits per heavy atom. The summed E-state index contributed by atoms with van der Waals surface area (Å²) >= 11 is -2.85. The maximum atomic E-state index is 2.61. The molecular formula is C45H52Cl2Zr. The zero-order chi connectivity index (χ0) is 33.1. The van der Waals surface area contributed by atoms with Crippen LogP contribution in [0.3, 0.4) is 0 Å². The molecule has 2 aliphatic carbocycles. The van der Waals surface area contributed by atoms with Crippen LogP contribution in [-0.4, -0.2) is 3.21 Å². The van der Waals surface area contributed by atoms with E-state index in [1.165, 1.54) is 33.4 Å². The molecule has 3 heteroatoms. The minimum absolute atomic E-state index is 0. The zero-order valence-electron chi connectivity index (χ0n) is 30.5. The van der Waals surface area contributed by atoms with Crippen LogP contribution in [0.1, 0.15) is 113 Å². The monoisotopic (exact) mass is 752 g/mol. The summed E-state index contributed by atoms with van der Waals surface area (Å²) in [5, 5.41) is 0. The van der Waals surface area contributed by atoms with Gasteiger partial charge in [0, 0.05) is 0 Å². The number of hydrogen-bond donors (Lipinski definition) is 0. The number of rotatable bonds is 6. The van der Waals surface area contributed by atoms with Crippen LogP contribution in [0.25, 0.3) is 11.1 Å². The third kappa shape index (κ3) is 7.00. The second kappa shape index (κ2) is 14.1. The predicted molar refractivity (Wildman–Crippen MR) is 197 cm³/mol. The van der Waals surface area contributed by atoms with Crippen LogP contribution in [0.15, 0.2) is 119 Å². The molecule has 0 bridgehead atoms. The number of benzene rings is 4. The van der Waals surface area contributed by atoms with Gasteiger partial charge in [0.25, 0.3) is 0 Å². The molecule has 0 amide bonds. The molecule has 0 nitrogen and oxygen atoms in total. The summed E-state index contributed by atoms with van der Waals surface area (Å²) in [6.07, 6.45) is 8.35. The molecule has 0 saturated heterocycles. The molecule has 0 aliphatic heterocycles. The van der Waals surface area contributed by atoms with Gasteiger partial charge in [0.2, 0.25) is 0 Å². The molecular weight excluding hydrogens is 703 g/mol. The molecule has 0 aromatic heterocycles. The predicted octanol–water partition coefficient (Wildman–Crippen LogP) is 5.95. The van der Waals surface area contributed by atoms with E-state index in [1.807, 2.05) is 0 Å². The van der Waals surface area contributed by atoms with E-state index in [1.54, 1.807) is 17.6 Å². The van der Waals surface area contributed by atoms with Crippen LogP contribution < -0.4 is 24.8 Å². The van der Waals surface area contributed by atoms with Crippen molar-refractivity contribution in [3.05, 3.63) is 152 Å². The van der Waals surface area contributed by atoms with Gasteiger partial charge in [-0.1, -0.05) is 0 Å². The van der Waals surface area contributed by atoms with Crippen molar-refractivity contribution in [1.29, 1.82) is 0 Å². The first-order chi connectivity index (χ1) is 21.6. The van der Waals surface area contributed by atoms with E-state index >= 15 is 0 Å². The minimum Gasteiger partial charge on any atom is -1.00 e. The van der Waals surface area contributed by atoms with Gasteiger partial charge in [0.05, 0.1) is 0 Å². The molecule has 0 radical (unpaired) electrons. The largest absolute Gasteiger partial charge is 1.00 e. The van der Waals surface area contributed by atoms with E-state index in [0.717, 1.165) is 6.42 Å². The van der Waals surface area contributed by atoms with Crippen LogP contribution in [0, 0.1) is 0 Å². The van der Waals surface area contributed by atoms with E-state index in [4.69, 9.17) is 0 Å². The van der Waals surface area contributed by atoms with Gasteiger partial charge >= 0.3 is 288 Å². The average Bonchev–Trinajstić information content (AvgIpc) is 3.66. The Morgan fingerprint density at radius 2 is 0.958 bits per heavy atom. The first-order valence-corrected chi connectivity index (χ1v) is 21.0. The van der Waals surface area contributed by atoms with E-state index in [0.29, 0.717) is 3.63 Å². The second-order valence-corrected chi connectivity index (χ2v) is 22.9. The summed E-state index contributed by atoms with van der Waals surface area (Å²) in [7, 11) is 0. The van der Waals surface area contributed by atoms with Gasteiger partial charge in [-0.25, -0.2) is 0 Å². The molecule has 4 aromatic carbocycles. The quantitative estimate of drug-likeness (QED) is 0.229. The molecule has 48 heavy (non-hydrogen) atoms. The fourth-order valence-corrected chi connectivity index (χ4v) is 18.7. The van der Waals surface area contributed by atoms with Crippen molar-refractivity contribution in [2.24, 2.45) is 0 Å². The summed E-state index contributed by atoms with van der Waals surface area (Å²) in [4.78, 5) is 0. The Balaban J connectivity index is 0.00000260. The van der Waals surface area contributed by atoms with Crippen molar-refractivity contribution in [3.8, 4) is 11.1 Å². The first-order valence-electron chi connectivity index (χ1n) is 17.1. The SMILES string of the molecule is CC(C)(C)c1ccc2c(c1)[CH]([Zr+2]([C]1=CC=CC1)=[C](C(C)(C)c1ccccc1)C(C)(C)c1ccccc1)c1cc(C(C)(C)C)ccc1-2.[Cl-].[Cl-]. The van der Waals surface area contributed by atoms with E-state index in [2.05, 4.69) is 185 Å². The number of fused-ring (bicyclic) bond motifs is 3. The van der Waals surface area contributed by atoms with Crippen LogP contribution in [0.5, 0.6) is 0 Å². The Kier molecular flexibility index (Phi) is 11.3. The summed E-state index contributed by atoms with van der Waals surface area (Å²) in [6.45, 7) is 24.3. The van der Waals surface area contributed by atoms with Gasteiger partial charge in [0.1, 0.15) is 0 Å². The molecule has 0 unspecified atom stereocenters. The third-order valence-electron chi connectivity index (χ3n) is 10.7. The molecule has 4 aromatic rings. The number of hydrogen-bond acceptors (Lipinski definition) is 0. The maximum absolute atomic E-state index is 2.85.